The van der Waals surface area contributed by atoms with E-state index in [0.29, 0.717) is 5.69 Å². The molecule has 0 aliphatic carbocycles. The van der Waals surface area contributed by atoms with Crippen molar-refractivity contribution in [2.75, 3.05) is 26.2 Å². The van der Waals surface area contributed by atoms with Gasteiger partial charge < -0.3 is 4.90 Å². The molecular formula is C20H25N5OS2. The summed E-state index contributed by atoms with van der Waals surface area (Å²) in [6.07, 6.45) is 0. The van der Waals surface area contributed by atoms with Gasteiger partial charge in [0.25, 0.3) is 5.91 Å². The van der Waals surface area contributed by atoms with Crippen molar-refractivity contribution in [3.8, 4) is 10.6 Å². The highest BCUT2D eigenvalue weighted by Gasteiger charge is 2.25. The summed E-state index contributed by atoms with van der Waals surface area (Å²) in [5.41, 5.74) is 2.61. The number of aromatic amines is 1. The van der Waals surface area contributed by atoms with E-state index >= 15 is 0 Å². The average molecular weight is 416 g/mol. The molecule has 28 heavy (non-hydrogen) atoms. The number of amides is 1. The summed E-state index contributed by atoms with van der Waals surface area (Å²) < 4.78 is 0. The number of carbonyl (C=O) groups excluding carboxylic acids is 1. The molecule has 0 saturated carbocycles. The Morgan fingerprint density at radius 1 is 1.21 bits per heavy atom. The zero-order valence-corrected chi connectivity index (χ0v) is 18.1. The second-order valence-corrected chi connectivity index (χ2v) is 9.91. The number of aromatic nitrogens is 3. The van der Waals surface area contributed by atoms with E-state index in [9.17, 15) is 4.79 Å². The van der Waals surface area contributed by atoms with Gasteiger partial charge in [0, 0.05) is 43.5 Å². The minimum Gasteiger partial charge on any atom is -0.335 e. The number of carbonyl (C=O) groups is 1. The van der Waals surface area contributed by atoms with Crippen LogP contribution in [-0.2, 0) is 12.0 Å². The molecule has 3 aromatic heterocycles. The fourth-order valence-electron chi connectivity index (χ4n) is 3.21. The third-order valence-corrected chi connectivity index (χ3v) is 7.04. The first kappa shape index (κ1) is 19.3. The summed E-state index contributed by atoms with van der Waals surface area (Å²) >= 11 is 3.37. The summed E-state index contributed by atoms with van der Waals surface area (Å²) in [5, 5.41) is 12.6. The molecule has 1 aliphatic rings. The Hall–Kier alpha value is -2.03. The molecule has 4 rings (SSSR count). The Morgan fingerprint density at radius 3 is 2.64 bits per heavy atom. The highest BCUT2D eigenvalue weighted by Crippen LogP contribution is 2.26. The maximum absolute atomic E-state index is 12.8. The van der Waals surface area contributed by atoms with Crippen molar-refractivity contribution in [2.24, 2.45) is 0 Å². The molecule has 0 aromatic carbocycles. The van der Waals surface area contributed by atoms with Crippen molar-refractivity contribution in [1.82, 2.24) is 25.0 Å². The van der Waals surface area contributed by atoms with Gasteiger partial charge in [-0.2, -0.15) is 5.10 Å². The first-order valence-corrected chi connectivity index (χ1v) is 11.2. The second kappa shape index (κ2) is 7.77. The van der Waals surface area contributed by atoms with E-state index in [1.54, 1.807) is 22.7 Å². The third kappa shape index (κ3) is 4.19. The zero-order chi connectivity index (χ0) is 19.7. The van der Waals surface area contributed by atoms with Gasteiger partial charge in [0.2, 0.25) is 0 Å². The first-order valence-electron chi connectivity index (χ1n) is 9.46. The number of hydrogen-bond donors (Lipinski definition) is 1. The van der Waals surface area contributed by atoms with Crippen LogP contribution in [0.1, 0.15) is 42.0 Å². The second-order valence-electron chi connectivity index (χ2n) is 8.11. The largest absolute Gasteiger partial charge is 0.335 e. The molecule has 3 aromatic rings. The van der Waals surface area contributed by atoms with Gasteiger partial charge in [-0.05, 0) is 17.5 Å². The van der Waals surface area contributed by atoms with Crippen molar-refractivity contribution in [2.45, 2.75) is 32.7 Å². The van der Waals surface area contributed by atoms with Crippen molar-refractivity contribution in [1.29, 1.82) is 0 Å². The number of rotatable bonds is 4. The van der Waals surface area contributed by atoms with Crippen LogP contribution in [-0.4, -0.2) is 57.1 Å². The number of nitrogens with zero attached hydrogens (tertiary/aromatic N) is 4. The monoisotopic (exact) mass is 415 g/mol. The molecule has 0 unspecified atom stereocenters. The van der Waals surface area contributed by atoms with Crippen LogP contribution in [0.2, 0.25) is 0 Å². The predicted octanol–water partition coefficient (Wildman–Crippen LogP) is 3.85. The molecule has 0 atom stereocenters. The van der Waals surface area contributed by atoms with Crippen molar-refractivity contribution >= 4 is 28.6 Å². The summed E-state index contributed by atoms with van der Waals surface area (Å²) in [4.78, 5) is 22.9. The summed E-state index contributed by atoms with van der Waals surface area (Å²) in [6.45, 7) is 10.6. The fourth-order valence-corrected chi connectivity index (χ4v) is 4.80. The topological polar surface area (TPSA) is 65.1 Å². The minimum absolute atomic E-state index is 0.00221. The van der Waals surface area contributed by atoms with E-state index in [1.165, 1.54) is 5.01 Å². The van der Waals surface area contributed by atoms with Gasteiger partial charge in [0.05, 0.1) is 21.3 Å². The van der Waals surface area contributed by atoms with E-state index in [1.807, 2.05) is 28.5 Å². The number of H-pyrrole nitrogens is 1. The highest BCUT2D eigenvalue weighted by molar-refractivity contribution is 7.13. The van der Waals surface area contributed by atoms with Crippen molar-refractivity contribution < 1.29 is 4.79 Å². The summed E-state index contributed by atoms with van der Waals surface area (Å²) in [6, 6.07) is 5.87. The molecule has 1 amide bonds. The van der Waals surface area contributed by atoms with Crippen LogP contribution in [0.3, 0.4) is 0 Å². The van der Waals surface area contributed by atoms with Crippen LogP contribution in [0.25, 0.3) is 10.6 Å². The average Bonchev–Trinajstić information content (AvgIpc) is 3.41. The van der Waals surface area contributed by atoms with Gasteiger partial charge in [0.1, 0.15) is 0 Å². The summed E-state index contributed by atoms with van der Waals surface area (Å²) in [7, 11) is 0. The SMILES string of the molecule is CC(C)(C)c1nc(CN2CCN(C(=O)c3cc(-c4cccs4)[nH]n3)CC2)cs1. The van der Waals surface area contributed by atoms with Crippen LogP contribution in [0.5, 0.6) is 0 Å². The lowest BCUT2D eigenvalue weighted by Crippen LogP contribution is -2.48. The minimum atomic E-state index is 0.00221. The molecule has 148 valence electrons. The van der Waals surface area contributed by atoms with Gasteiger partial charge >= 0.3 is 0 Å². The molecule has 1 N–H and O–H groups in total. The van der Waals surface area contributed by atoms with Gasteiger partial charge in [-0.3, -0.25) is 14.8 Å². The maximum Gasteiger partial charge on any atom is 0.274 e. The van der Waals surface area contributed by atoms with Crippen molar-refractivity contribution in [3.05, 3.63) is 45.4 Å². The molecule has 0 spiro atoms. The zero-order valence-electron chi connectivity index (χ0n) is 16.4. The molecule has 1 saturated heterocycles. The Morgan fingerprint density at radius 2 is 2.00 bits per heavy atom. The standard InChI is InChI=1S/C20H25N5OS2/c1-20(2,3)19-21-14(13-28-19)12-24-6-8-25(9-7-24)18(26)16-11-15(22-23-16)17-5-4-10-27-17/h4-5,10-11,13H,6-9,12H2,1-3H3,(H,22,23). The van der Waals surface area contributed by atoms with E-state index < -0.39 is 0 Å². The number of thiazole rings is 1. The number of hydrogen-bond acceptors (Lipinski definition) is 6. The Bertz CT molecular complexity index is 930. The van der Waals surface area contributed by atoms with Crippen LogP contribution < -0.4 is 0 Å². The van der Waals surface area contributed by atoms with Gasteiger partial charge in [-0.1, -0.05) is 26.8 Å². The van der Waals surface area contributed by atoms with Gasteiger partial charge in [-0.25, -0.2) is 4.98 Å². The van der Waals surface area contributed by atoms with Crippen LogP contribution in [0.15, 0.2) is 29.0 Å². The lowest BCUT2D eigenvalue weighted by atomic mass is 9.98. The smallest absolute Gasteiger partial charge is 0.274 e. The molecule has 0 bridgehead atoms. The molecule has 1 fully saturated rings. The van der Waals surface area contributed by atoms with E-state index in [4.69, 9.17) is 4.98 Å². The number of thiophene rings is 1. The van der Waals surface area contributed by atoms with Crippen LogP contribution >= 0.6 is 22.7 Å². The Balaban J connectivity index is 1.32. The van der Waals surface area contributed by atoms with Gasteiger partial charge in [-0.15, -0.1) is 22.7 Å². The van der Waals surface area contributed by atoms with Crippen molar-refractivity contribution in [3.63, 3.8) is 0 Å². The van der Waals surface area contributed by atoms with Crippen LogP contribution in [0, 0.1) is 0 Å². The lowest BCUT2D eigenvalue weighted by Gasteiger charge is -2.34. The normalized spacial score (nSPS) is 15.9. The van der Waals surface area contributed by atoms with E-state index in [2.05, 4.69) is 41.2 Å². The Labute approximate surface area is 173 Å². The summed E-state index contributed by atoms with van der Waals surface area (Å²) in [5.74, 6) is 0.00221. The lowest BCUT2D eigenvalue weighted by molar-refractivity contribution is 0.0621. The van der Waals surface area contributed by atoms with E-state index in [-0.39, 0.29) is 11.3 Å². The van der Waals surface area contributed by atoms with Crippen LogP contribution in [0.4, 0.5) is 0 Å². The quantitative estimate of drug-likeness (QED) is 0.703. The molecule has 0 radical (unpaired) electrons. The molecular weight excluding hydrogens is 390 g/mol. The number of piperazine rings is 1. The Kier molecular flexibility index (Phi) is 5.35. The molecule has 1 aliphatic heterocycles. The number of nitrogens with one attached hydrogen (secondary N) is 1. The predicted molar refractivity (Wildman–Crippen MR) is 114 cm³/mol. The molecule has 6 nitrogen and oxygen atoms in total. The highest BCUT2D eigenvalue weighted by atomic mass is 32.1. The maximum atomic E-state index is 12.8. The van der Waals surface area contributed by atoms with Gasteiger partial charge in [0.15, 0.2) is 5.69 Å². The van der Waals surface area contributed by atoms with E-state index in [0.717, 1.165) is 49.0 Å². The third-order valence-electron chi connectivity index (χ3n) is 4.82. The molecule has 8 heteroatoms. The molecule has 4 heterocycles. The first-order chi connectivity index (χ1) is 13.4. The fraction of sp³-hybridized carbons (Fsp3) is 0.450.